The van der Waals surface area contributed by atoms with Gasteiger partial charge in [0.05, 0.1) is 0 Å². The van der Waals surface area contributed by atoms with Crippen LogP contribution in [0.1, 0.15) is 23.7 Å². The van der Waals surface area contributed by atoms with Crippen molar-refractivity contribution in [2.45, 2.75) is 39.0 Å². The second-order valence-corrected chi connectivity index (χ2v) is 6.50. The summed E-state index contributed by atoms with van der Waals surface area (Å²) in [6.07, 6.45) is -0.643. The number of aryl methyl sites for hydroxylation is 1. The normalized spacial score (nSPS) is 13.8. The Morgan fingerprint density at radius 1 is 1.32 bits per heavy atom. The Labute approximate surface area is 151 Å². The molecule has 0 aliphatic rings. The Balaban J connectivity index is 1.92. The number of benzene rings is 1. The molecule has 0 amide bonds. The first-order valence-electron chi connectivity index (χ1n) is 8.18. The van der Waals surface area contributed by atoms with Crippen LogP contribution < -0.4 is 11.1 Å². The number of nitrogens with one attached hydrogen (secondary N) is 1. The molecule has 0 radical (unpaired) electrons. The number of hydrogen-bond acceptors (Lipinski definition) is 4. The Kier molecular flexibility index (Phi) is 5.20. The largest absolute Gasteiger partial charge is 0.364 e. The molecule has 0 aliphatic carbocycles. The van der Waals surface area contributed by atoms with Gasteiger partial charge in [-0.05, 0) is 49.1 Å². The number of aromatic nitrogens is 3. The van der Waals surface area contributed by atoms with Crippen LogP contribution in [0.5, 0.6) is 0 Å². The van der Waals surface area contributed by atoms with Crippen LogP contribution >= 0.6 is 11.6 Å². The molecule has 5 nitrogen and oxygen atoms in total. The molecule has 2 atom stereocenters. The zero-order chi connectivity index (χ0) is 18.0. The van der Waals surface area contributed by atoms with Gasteiger partial charge in [-0.25, -0.2) is 8.91 Å². The van der Waals surface area contributed by atoms with Crippen LogP contribution in [0.25, 0.3) is 5.52 Å². The smallest absolute Gasteiger partial charge is 0.243 e. The van der Waals surface area contributed by atoms with E-state index in [4.69, 9.17) is 17.3 Å². The highest BCUT2D eigenvalue weighted by Crippen LogP contribution is 2.24. The number of nitrogens with two attached hydrogens (primary N) is 1. The van der Waals surface area contributed by atoms with Gasteiger partial charge in [0.1, 0.15) is 11.7 Å². The molecule has 3 aromatic rings. The summed E-state index contributed by atoms with van der Waals surface area (Å²) in [5.74, 6) is 0.639. The van der Waals surface area contributed by atoms with Gasteiger partial charge in [0.15, 0.2) is 5.82 Å². The first-order chi connectivity index (χ1) is 12.0. The van der Waals surface area contributed by atoms with Gasteiger partial charge in [0.2, 0.25) is 5.28 Å². The zero-order valence-electron chi connectivity index (χ0n) is 14.2. The van der Waals surface area contributed by atoms with Gasteiger partial charge in [0, 0.05) is 18.3 Å². The first-order valence-corrected chi connectivity index (χ1v) is 8.55. The van der Waals surface area contributed by atoms with Crippen molar-refractivity contribution in [3.8, 4) is 0 Å². The maximum absolute atomic E-state index is 13.4. The van der Waals surface area contributed by atoms with Crippen LogP contribution in [0.4, 0.5) is 10.2 Å². The maximum Gasteiger partial charge on any atom is 0.243 e. The fourth-order valence-corrected chi connectivity index (χ4v) is 2.89. The Hall–Kier alpha value is -2.18. The van der Waals surface area contributed by atoms with E-state index < -0.39 is 12.2 Å². The van der Waals surface area contributed by atoms with Gasteiger partial charge in [-0.2, -0.15) is 4.98 Å². The number of fused-ring (bicyclic) bond motifs is 1. The van der Waals surface area contributed by atoms with E-state index in [2.05, 4.69) is 15.4 Å². The molecule has 0 fully saturated rings. The summed E-state index contributed by atoms with van der Waals surface area (Å²) in [4.78, 5) is 4.30. The number of halogens is 2. The van der Waals surface area contributed by atoms with Gasteiger partial charge in [-0.1, -0.05) is 30.3 Å². The van der Waals surface area contributed by atoms with Crippen LogP contribution in [-0.2, 0) is 13.0 Å². The van der Waals surface area contributed by atoms with E-state index in [1.807, 2.05) is 43.3 Å². The summed E-state index contributed by atoms with van der Waals surface area (Å²) in [5, 5.41) is 7.71. The van der Waals surface area contributed by atoms with Gasteiger partial charge in [-0.3, -0.25) is 0 Å². The molecule has 3 N–H and O–H groups in total. The maximum atomic E-state index is 13.4. The van der Waals surface area contributed by atoms with Crippen LogP contribution in [0.3, 0.4) is 0 Å². The van der Waals surface area contributed by atoms with E-state index in [0.717, 1.165) is 22.3 Å². The molecule has 0 saturated heterocycles. The summed E-state index contributed by atoms with van der Waals surface area (Å²) in [6, 6.07) is 11.4. The van der Waals surface area contributed by atoms with Crippen LogP contribution in [0.2, 0.25) is 5.28 Å². The standard InChI is InChI=1S/C18H21ClFN5/c1-11(20)15(21)8-14-9-16-17(22-10-13-6-4-3-5-7-13)23-18(19)24-25(16)12(14)2/h3-7,9,11,15H,8,10,21H2,1-2H3,(H,22,23,24)/t11-,15+/m0/s1. The summed E-state index contributed by atoms with van der Waals surface area (Å²) >= 11 is 6.08. The van der Waals surface area contributed by atoms with Crippen molar-refractivity contribution in [1.29, 1.82) is 0 Å². The molecule has 132 valence electrons. The van der Waals surface area contributed by atoms with E-state index in [1.54, 1.807) is 4.52 Å². The number of rotatable bonds is 6. The van der Waals surface area contributed by atoms with Crippen molar-refractivity contribution in [2.75, 3.05) is 5.32 Å². The quantitative estimate of drug-likeness (QED) is 0.704. The lowest BCUT2D eigenvalue weighted by Gasteiger charge is -2.12. The highest BCUT2D eigenvalue weighted by Gasteiger charge is 2.18. The van der Waals surface area contributed by atoms with Crippen LogP contribution in [0.15, 0.2) is 36.4 Å². The van der Waals surface area contributed by atoms with Crippen LogP contribution in [-0.4, -0.2) is 26.8 Å². The minimum absolute atomic E-state index is 0.150. The summed E-state index contributed by atoms with van der Waals surface area (Å²) in [5.41, 5.74) is 9.64. The van der Waals surface area contributed by atoms with Crippen molar-refractivity contribution in [1.82, 2.24) is 14.6 Å². The lowest BCUT2D eigenvalue weighted by molar-refractivity contribution is 0.304. The van der Waals surface area contributed by atoms with Crippen molar-refractivity contribution >= 4 is 22.9 Å². The lowest BCUT2D eigenvalue weighted by atomic mass is 10.0. The number of anilines is 1. The SMILES string of the molecule is Cc1c(C[C@@H](N)[C@H](C)F)cc2c(NCc3ccccc3)nc(Cl)nn12. The molecule has 3 rings (SSSR count). The van der Waals surface area contributed by atoms with Crippen molar-refractivity contribution < 1.29 is 4.39 Å². The van der Waals surface area contributed by atoms with Crippen molar-refractivity contribution in [2.24, 2.45) is 5.73 Å². The minimum atomic E-state index is -1.08. The molecule has 0 saturated carbocycles. The summed E-state index contributed by atoms with van der Waals surface area (Å²) < 4.78 is 15.2. The zero-order valence-corrected chi connectivity index (χ0v) is 15.0. The number of nitrogens with zero attached hydrogens (tertiary/aromatic N) is 3. The average Bonchev–Trinajstić information content (AvgIpc) is 2.90. The van der Waals surface area contributed by atoms with Gasteiger partial charge < -0.3 is 11.1 Å². The van der Waals surface area contributed by atoms with Gasteiger partial charge in [0.25, 0.3) is 0 Å². The third-order valence-corrected chi connectivity index (χ3v) is 4.46. The average molecular weight is 362 g/mol. The predicted molar refractivity (Wildman–Crippen MR) is 98.8 cm³/mol. The highest BCUT2D eigenvalue weighted by molar-refractivity contribution is 6.28. The topological polar surface area (TPSA) is 68.2 Å². The molecular weight excluding hydrogens is 341 g/mol. The van der Waals surface area contributed by atoms with E-state index in [1.165, 1.54) is 6.92 Å². The Morgan fingerprint density at radius 3 is 2.72 bits per heavy atom. The van der Waals surface area contributed by atoms with Crippen molar-refractivity contribution in [3.05, 3.63) is 58.5 Å². The third-order valence-electron chi connectivity index (χ3n) is 4.30. The molecular formula is C18H21ClFN5. The van der Waals surface area contributed by atoms with E-state index in [9.17, 15) is 4.39 Å². The molecule has 0 bridgehead atoms. The lowest BCUT2D eigenvalue weighted by Crippen LogP contribution is -2.31. The van der Waals surface area contributed by atoms with E-state index in [-0.39, 0.29) is 5.28 Å². The monoisotopic (exact) mass is 361 g/mol. The summed E-state index contributed by atoms with van der Waals surface area (Å²) in [7, 11) is 0. The molecule has 7 heteroatoms. The van der Waals surface area contributed by atoms with Gasteiger partial charge >= 0.3 is 0 Å². The first kappa shape index (κ1) is 17.6. The third kappa shape index (κ3) is 3.91. The van der Waals surface area contributed by atoms with Crippen molar-refractivity contribution in [3.63, 3.8) is 0 Å². The molecule has 25 heavy (non-hydrogen) atoms. The fourth-order valence-electron chi connectivity index (χ4n) is 2.73. The number of hydrogen-bond donors (Lipinski definition) is 2. The summed E-state index contributed by atoms with van der Waals surface area (Å²) in [6.45, 7) is 4.01. The van der Waals surface area contributed by atoms with E-state index in [0.29, 0.717) is 18.8 Å². The molecule has 2 heterocycles. The molecule has 0 aliphatic heterocycles. The Morgan fingerprint density at radius 2 is 2.04 bits per heavy atom. The number of alkyl halides is 1. The Bertz CT molecular complexity index is 863. The van der Waals surface area contributed by atoms with Crippen LogP contribution in [0, 0.1) is 6.92 Å². The van der Waals surface area contributed by atoms with E-state index >= 15 is 0 Å². The predicted octanol–water partition coefficient (Wildman–Crippen LogP) is 3.53. The fraction of sp³-hybridized carbons (Fsp3) is 0.333. The second kappa shape index (κ2) is 7.37. The van der Waals surface area contributed by atoms with Gasteiger partial charge in [-0.15, -0.1) is 5.10 Å². The molecule has 1 aromatic carbocycles. The highest BCUT2D eigenvalue weighted by atomic mass is 35.5. The minimum Gasteiger partial charge on any atom is -0.364 e. The molecule has 0 unspecified atom stereocenters. The molecule has 0 spiro atoms. The second-order valence-electron chi connectivity index (χ2n) is 6.17. The molecule has 2 aromatic heterocycles.